The number of ether oxygens (including phenoxy) is 2. The lowest BCUT2D eigenvalue weighted by Crippen LogP contribution is -2.19. The average molecular weight is 322 g/mol. The van der Waals surface area contributed by atoms with Crippen LogP contribution in [0.2, 0.25) is 0 Å². The summed E-state index contributed by atoms with van der Waals surface area (Å²) in [6.45, 7) is 0. The van der Waals surface area contributed by atoms with E-state index in [1.165, 1.54) is 7.11 Å². The van der Waals surface area contributed by atoms with Crippen molar-refractivity contribution in [3.8, 4) is 11.6 Å². The lowest BCUT2D eigenvalue weighted by atomic mass is 10.2. The van der Waals surface area contributed by atoms with Gasteiger partial charge in [-0.05, 0) is 15.9 Å². The van der Waals surface area contributed by atoms with Crippen LogP contribution in [0, 0.1) is 0 Å². The first-order valence-electron chi connectivity index (χ1n) is 4.02. The zero-order chi connectivity index (χ0) is 13.2. The second-order valence-corrected chi connectivity index (χ2v) is 3.50. The quantitative estimate of drug-likeness (QED) is 0.796. The minimum absolute atomic E-state index is 0.116. The van der Waals surface area contributed by atoms with Crippen LogP contribution in [0.15, 0.2) is 10.7 Å². The number of rotatable bonds is 3. The van der Waals surface area contributed by atoms with Crippen LogP contribution in [0.1, 0.15) is 12.0 Å². The van der Waals surface area contributed by atoms with Crippen molar-refractivity contribution in [1.29, 1.82) is 0 Å². The van der Waals surface area contributed by atoms with Crippen molar-refractivity contribution >= 4 is 15.9 Å². The Morgan fingerprint density at radius 3 is 2.35 bits per heavy atom. The fourth-order valence-electron chi connectivity index (χ4n) is 0.992. The molecule has 0 saturated carbocycles. The van der Waals surface area contributed by atoms with E-state index in [9.17, 15) is 22.0 Å². The first-order chi connectivity index (χ1) is 7.76. The number of pyridine rings is 1. The van der Waals surface area contributed by atoms with E-state index in [-0.39, 0.29) is 10.2 Å². The molecule has 0 aliphatic heterocycles. The summed E-state index contributed by atoms with van der Waals surface area (Å²) in [5, 5.41) is 0. The smallest absolute Gasteiger partial charge is 0.494 e. The van der Waals surface area contributed by atoms with Gasteiger partial charge in [0.2, 0.25) is 5.88 Å². The van der Waals surface area contributed by atoms with Crippen molar-refractivity contribution in [3.05, 3.63) is 16.2 Å². The summed E-state index contributed by atoms with van der Waals surface area (Å²) in [7, 11) is 1.17. The maximum atomic E-state index is 12.6. The number of methoxy groups -OCH3 is 1. The second kappa shape index (κ2) is 5.03. The number of hydrogen-bond donors (Lipinski definition) is 0. The fraction of sp³-hybridized carbons (Fsp3) is 0.375. The molecule has 0 aliphatic rings. The molecule has 3 nitrogen and oxygen atoms in total. The van der Waals surface area contributed by atoms with E-state index in [1.54, 1.807) is 0 Å². The summed E-state index contributed by atoms with van der Waals surface area (Å²) >= 11 is 2.71. The average Bonchev–Trinajstić information content (AvgIpc) is 2.14. The molecule has 0 aromatic carbocycles. The van der Waals surface area contributed by atoms with Gasteiger partial charge in [0.05, 0.1) is 23.3 Å². The minimum atomic E-state index is -5.09. The summed E-state index contributed by atoms with van der Waals surface area (Å²) < 4.78 is 68.8. The third kappa shape index (κ3) is 3.42. The predicted octanol–water partition coefficient (Wildman–Crippen LogP) is 3.69. The molecule has 96 valence electrons. The van der Waals surface area contributed by atoms with E-state index in [0.29, 0.717) is 0 Å². The van der Waals surface area contributed by atoms with Crippen LogP contribution >= 0.6 is 15.9 Å². The third-order valence-electron chi connectivity index (χ3n) is 1.63. The molecule has 0 N–H and O–H groups in total. The van der Waals surface area contributed by atoms with Crippen LogP contribution in [0.5, 0.6) is 11.6 Å². The number of halogens is 6. The number of alkyl halides is 5. The molecule has 0 unspecified atom stereocenters. The van der Waals surface area contributed by atoms with Gasteiger partial charge >= 0.3 is 6.36 Å². The monoisotopic (exact) mass is 321 g/mol. The van der Waals surface area contributed by atoms with Crippen molar-refractivity contribution < 1.29 is 31.4 Å². The molecule has 0 atom stereocenters. The van der Waals surface area contributed by atoms with Crippen LogP contribution in [0.25, 0.3) is 0 Å². The molecule has 1 aromatic heterocycles. The largest absolute Gasteiger partial charge is 0.574 e. The van der Waals surface area contributed by atoms with Gasteiger partial charge in [-0.25, -0.2) is 13.8 Å². The van der Waals surface area contributed by atoms with Crippen molar-refractivity contribution in [1.82, 2.24) is 4.98 Å². The van der Waals surface area contributed by atoms with Crippen molar-refractivity contribution in [3.63, 3.8) is 0 Å². The Bertz CT molecular complexity index is 410. The molecule has 0 spiro atoms. The van der Waals surface area contributed by atoms with E-state index in [1.807, 2.05) is 0 Å². The van der Waals surface area contributed by atoms with Crippen molar-refractivity contribution in [2.24, 2.45) is 0 Å². The number of hydrogen-bond acceptors (Lipinski definition) is 3. The Labute approximate surface area is 101 Å². The highest BCUT2D eigenvalue weighted by molar-refractivity contribution is 9.10. The Morgan fingerprint density at radius 1 is 1.35 bits per heavy atom. The Balaban J connectivity index is 3.27. The van der Waals surface area contributed by atoms with E-state index in [2.05, 4.69) is 30.4 Å². The normalized spacial score (nSPS) is 11.8. The first-order valence-corrected chi connectivity index (χ1v) is 4.82. The zero-order valence-electron chi connectivity index (χ0n) is 8.19. The van der Waals surface area contributed by atoms with Crippen LogP contribution < -0.4 is 9.47 Å². The van der Waals surface area contributed by atoms with Gasteiger partial charge in [-0.1, -0.05) is 0 Å². The van der Waals surface area contributed by atoms with Gasteiger partial charge < -0.3 is 9.47 Å². The Morgan fingerprint density at radius 2 is 1.94 bits per heavy atom. The van der Waals surface area contributed by atoms with E-state index < -0.39 is 24.2 Å². The maximum absolute atomic E-state index is 12.6. The van der Waals surface area contributed by atoms with Crippen LogP contribution in [0.3, 0.4) is 0 Å². The van der Waals surface area contributed by atoms with Gasteiger partial charge in [-0.3, -0.25) is 0 Å². The van der Waals surface area contributed by atoms with Crippen LogP contribution in [-0.4, -0.2) is 18.5 Å². The van der Waals surface area contributed by atoms with Gasteiger partial charge in [0, 0.05) is 0 Å². The SMILES string of the molecule is COc1cnc(OC(F)(F)F)c(C(F)F)c1Br. The molecule has 1 rings (SSSR count). The maximum Gasteiger partial charge on any atom is 0.574 e. The highest BCUT2D eigenvalue weighted by Gasteiger charge is 2.35. The second-order valence-electron chi connectivity index (χ2n) is 2.71. The molecule has 1 heterocycles. The standard InChI is InChI=1S/C8H5BrF5NO2/c1-16-3-2-15-7(17-8(12,13)14)4(5(3)9)6(10)11/h2,6H,1H3. The molecule has 0 bridgehead atoms. The molecular weight excluding hydrogens is 317 g/mol. The lowest BCUT2D eigenvalue weighted by molar-refractivity contribution is -0.276. The van der Waals surface area contributed by atoms with Gasteiger partial charge in [0.1, 0.15) is 0 Å². The highest BCUT2D eigenvalue weighted by Crippen LogP contribution is 2.40. The summed E-state index contributed by atoms with van der Waals surface area (Å²) in [5.74, 6) is -1.32. The van der Waals surface area contributed by atoms with Gasteiger partial charge in [0.15, 0.2) is 5.75 Å². The molecule has 0 amide bonds. The molecule has 0 radical (unpaired) electrons. The van der Waals surface area contributed by atoms with Crippen LogP contribution in [0.4, 0.5) is 22.0 Å². The molecule has 0 fully saturated rings. The zero-order valence-corrected chi connectivity index (χ0v) is 9.77. The Kier molecular flexibility index (Phi) is 4.12. The number of aromatic nitrogens is 1. The molecule has 17 heavy (non-hydrogen) atoms. The lowest BCUT2D eigenvalue weighted by Gasteiger charge is -2.14. The highest BCUT2D eigenvalue weighted by atomic mass is 79.9. The van der Waals surface area contributed by atoms with E-state index in [0.717, 1.165) is 6.20 Å². The van der Waals surface area contributed by atoms with Gasteiger partial charge in [0.25, 0.3) is 6.43 Å². The van der Waals surface area contributed by atoms with E-state index in [4.69, 9.17) is 0 Å². The first kappa shape index (κ1) is 13.9. The molecule has 1 aromatic rings. The predicted molar refractivity (Wildman–Crippen MR) is 50.1 cm³/mol. The summed E-state index contributed by atoms with van der Waals surface area (Å²) in [4.78, 5) is 3.14. The summed E-state index contributed by atoms with van der Waals surface area (Å²) in [6.07, 6.45) is -7.44. The van der Waals surface area contributed by atoms with Crippen molar-refractivity contribution in [2.75, 3.05) is 7.11 Å². The Hall–Kier alpha value is -1.12. The minimum Gasteiger partial charge on any atom is -0.494 e. The molecule has 0 saturated heterocycles. The van der Waals surface area contributed by atoms with Gasteiger partial charge in [-0.15, -0.1) is 13.2 Å². The summed E-state index contributed by atoms with van der Waals surface area (Å²) in [5.41, 5.74) is -1.01. The number of nitrogens with zero attached hydrogens (tertiary/aromatic N) is 1. The van der Waals surface area contributed by atoms with Gasteiger partial charge in [-0.2, -0.15) is 0 Å². The molecule has 9 heteroatoms. The van der Waals surface area contributed by atoms with E-state index >= 15 is 0 Å². The van der Waals surface area contributed by atoms with Crippen molar-refractivity contribution in [2.45, 2.75) is 12.8 Å². The topological polar surface area (TPSA) is 31.4 Å². The third-order valence-corrected chi connectivity index (χ3v) is 2.45. The molecule has 0 aliphatic carbocycles. The molecular formula is C8H5BrF5NO2. The fourth-order valence-corrected chi connectivity index (χ4v) is 1.60. The van der Waals surface area contributed by atoms with Crippen LogP contribution in [-0.2, 0) is 0 Å². The summed E-state index contributed by atoms with van der Waals surface area (Å²) in [6, 6.07) is 0.